The molecule has 0 aliphatic heterocycles. The van der Waals surface area contributed by atoms with Crippen molar-refractivity contribution in [2.75, 3.05) is 18.4 Å². The van der Waals surface area contributed by atoms with Crippen LogP contribution < -0.4 is 5.32 Å². The number of anilines is 1. The third-order valence-electron chi connectivity index (χ3n) is 3.33. The minimum atomic E-state index is -0.977. The Labute approximate surface area is 138 Å². The molecule has 128 valence electrons. The first-order chi connectivity index (χ1) is 10.5. The van der Waals surface area contributed by atoms with Gasteiger partial charge in [0.15, 0.2) is 0 Å². The summed E-state index contributed by atoms with van der Waals surface area (Å²) in [4.78, 5) is 26.5. The molecule has 2 N–H and O–H groups in total. The second kappa shape index (κ2) is 7.13. The first-order valence-electron chi connectivity index (χ1n) is 7.88. The van der Waals surface area contributed by atoms with Gasteiger partial charge in [-0.3, -0.25) is 9.59 Å². The number of para-hydroxylation sites is 1. The van der Waals surface area contributed by atoms with Crippen molar-refractivity contribution < 1.29 is 14.7 Å². The molecule has 0 bridgehead atoms. The van der Waals surface area contributed by atoms with Gasteiger partial charge in [-0.15, -0.1) is 0 Å². The summed E-state index contributed by atoms with van der Waals surface area (Å²) in [5.74, 6) is -0.359. The van der Waals surface area contributed by atoms with Gasteiger partial charge in [0, 0.05) is 18.5 Å². The van der Waals surface area contributed by atoms with E-state index in [1.54, 1.807) is 43.0 Å². The van der Waals surface area contributed by atoms with Gasteiger partial charge >= 0.3 is 0 Å². The first-order valence-corrected chi connectivity index (χ1v) is 7.88. The molecule has 0 saturated heterocycles. The highest BCUT2D eigenvalue weighted by Gasteiger charge is 2.26. The van der Waals surface area contributed by atoms with E-state index in [1.807, 2.05) is 27.7 Å². The van der Waals surface area contributed by atoms with Crippen LogP contribution in [0.2, 0.25) is 0 Å². The van der Waals surface area contributed by atoms with Gasteiger partial charge in [-0.1, -0.05) is 32.9 Å². The van der Waals surface area contributed by atoms with Gasteiger partial charge in [-0.2, -0.15) is 0 Å². The van der Waals surface area contributed by atoms with Crippen LogP contribution in [0.25, 0.3) is 0 Å². The standard InChI is InChI=1S/C18H28N2O3/c1-7-20(12-18(5,6)23)15(21)13-10-8-9-11-14(13)19-16(22)17(2,3)4/h8-11,23H,7,12H2,1-6H3,(H,19,22). The van der Waals surface area contributed by atoms with Crippen molar-refractivity contribution in [2.45, 2.75) is 47.1 Å². The average molecular weight is 320 g/mol. The molecule has 5 heteroatoms. The SMILES string of the molecule is CCN(CC(C)(C)O)C(=O)c1ccccc1NC(=O)C(C)(C)C. The Hall–Kier alpha value is -1.88. The predicted octanol–water partition coefficient (Wildman–Crippen LogP) is 2.90. The van der Waals surface area contributed by atoms with Crippen molar-refractivity contribution >= 4 is 17.5 Å². The molecule has 0 aliphatic carbocycles. The lowest BCUT2D eigenvalue weighted by Gasteiger charge is -2.29. The molecular formula is C18H28N2O3. The van der Waals surface area contributed by atoms with E-state index in [4.69, 9.17) is 0 Å². The van der Waals surface area contributed by atoms with Gasteiger partial charge in [0.2, 0.25) is 5.91 Å². The van der Waals surface area contributed by atoms with Crippen molar-refractivity contribution in [3.63, 3.8) is 0 Å². The molecule has 0 heterocycles. The number of nitrogens with zero attached hydrogens (tertiary/aromatic N) is 1. The fourth-order valence-electron chi connectivity index (χ4n) is 2.05. The lowest BCUT2D eigenvalue weighted by molar-refractivity contribution is -0.123. The zero-order valence-corrected chi connectivity index (χ0v) is 14.9. The normalized spacial score (nSPS) is 12.0. The molecule has 1 aromatic rings. The summed E-state index contributed by atoms with van der Waals surface area (Å²) in [5, 5.41) is 12.8. The Kier molecular flexibility index (Phi) is 5.94. The summed E-state index contributed by atoms with van der Waals surface area (Å²) >= 11 is 0. The predicted molar refractivity (Wildman–Crippen MR) is 92.4 cm³/mol. The second-order valence-corrected chi connectivity index (χ2v) is 7.38. The van der Waals surface area contributed by atoms with E-state index >= 15 is 0 Å². The highest BCUT2D eigenvalue weighted by Crippen LogP contribution is 2.22. The van der Waals surface area contributed by atoms with E-state index in [1.165, 1.54) is 0 Å². The number of benzene rings is 1. The van der Waals surface area contributed by atoms with Crippen LogP contribution in [0, 0.1) is 5.41 Å². The molecular weight excluding hydrogens is 292 g/mol. The molecule has 5 nitrogen and oxygen atoms in total. The summed E-state index contributed by atoms with van der Waals surface area (Å²) in [7, 11) is 0. The number of rotatable bonds is 5. The van der Waals surface area contributed by atoms with Crippen molar-refractivity contribution in [1.82, 2.24) is 4.90 Å². The van der Waals surface area contributed by atoms with Crippen LogP contribution in [0.5, 0.6) is 0 Å². The molecule has 0 atom stereocenters. The lowest BCUT2D eigenvalue weighted by Crippen LogP contribution is -2.42. The minimum absolute atomic E-state index is 0.150. The molecule has 23 heavy (non-hydrogen) atoms. The van der Waals surface area contributed by atoms with Crippen LogP contribution in [0.1, 0.15) is 51.9 Å². The van der Waals surface area contributed by atoms with Gasteiger partial charge in [0.25, 0.3) is 5.91 Å². The topological polar surface area (TPSA) is 69.6 Å². The Morgan fingerprint density at radius 3 is 2.17 bits per heavy atom. The van der Waals surface area contributed by atoms with Crippen LogP contribution >= 0.6 is 0 Å². The van der Waals surface area contributed by atoms with Gasteiger partial charge in [0.05, 0.1) is 16.9 Å². The maximum absolute atomic E-state index is 12.8. The number of nitrogens with one attached hydrogen (secondary N) is 1. The smallest absolute Gasteiger partial charge is 0.256 e. The number of carbonyl (C=O) groups is 2. The summed E-state index contributed by atoms with van der Waals surface area (Å²) in [6.45, 7) is 11.3. The minimum Gasteiger partial charge on any atom is -0.389 e. The zero-order valence-electron chi connectivity index (χ0n) is 14.9. The summed E-state index contributed by atoms with van der Waals surface area (Å²) < 4.78 is 0. The average Bonchev–Trinajstić information content (AvgIpc) is 2.42. The van der Waals surface area contributed by atoms with E-state index < -0.39 is 11.0 Å². The Morgan fingerprint density at radius 1 is 1.13 bits per heavy atom. The van der Waals surface area contributed by atoms with Gasteiger partial charge < -0.3 is 15.3 Å². The van der Waals surface area contributed by atoms with Gasteiger partial charge in [0.1, 0.15) is 0 Å². The molecule has 0 fully saturated rings. The molecule has 0 aromatic heterocycles. The Bertz CT molecular complexity index is 568. The van der Waals surface area contributed by atoms with Gasteiger partial charge in [-0.25, -0.2) is 0 Å². The van der Waals surface area contributed by atoms with Crippen LogP contribution in [-0.2, 0) is 4.79 Å². The number of likely N-dealkylation sites (N-methyl/N-ethyl adjacent to an activating group) is 1. The molecule has 0 spiro atoms. The Balaban J connectivity index is 3.08. The molecule has 0 saturated carbocycles. The highest BCUT2D eigenvalue weighted by molar-refractivity contribution is 6.04. The molecule has 2 amide bonds. The third-order valence-corrected chi connectivity index (χ3v) is 3.33. The van der Waals surface area contributed by atoms with E-state index in [2.05, 4.69) is 5.32 Å². The summed E-state index contributed by atoms with van der Waals surface area (Å²) in [6, 6.07) is 6.95. The van der Waals surface area contributed by atoms with Crippen molar-refractivity contribution in [3.8, 4) is 0 Å². The summed E-state index contributed by atoms with van der Waals surface area (Å²) in [6.07, 6.45) is 0. The largest absolute Gasteiger partial charge is 0.389 e. The molecule has 1 rings (SSSR count). The van der Waals surface area contributed by atoms with E-state index in [-0.39, 0.29) is 18.4 Å². The third kappa shape index (κ3) is 5.67. The molecule has 0 aliphatic rings. The van der Waals surface area contributed by atoms with E-state index in [0.717, 1.165) is 0 Å². The van der Waals surface area contributed by atoms with Crippen LogP contribution in [0.15, 0.2) is 24.3 Å². The number of hydrogen-bond donors (Lipinski definition) is 2. The first kappa shape index (κ1) is 19.2. The van der Waals surface area contributed by atoms with Crippen molar-refractivity contribution in [1.29, 1.82) is 0 Å². The van der Waals surface area contributed by atoms with E-state index in [9.17, 15) is 14.7 Å². The zero-order chi connectivity index (χ0) is 17.8. The van der Waals surface area contributed by atoms with Crippen molar-refractivity contribution in [3.05, 3.63) is 29.8 Å². The maximum Gasteiger partial charge on any atom is 0.256 e. The fourth-order valence-corrected chi connectivity index (χ4v) is 2.05. The lowest BCUT2D eigenvalue weighted by atomic mass is 9.95. The number of amides is 2. The highest BCUT2D eigenvalue weighted by atomic mass is 16.3. The van der Waals surface area contributed by atoms with Gasteiger partial charge in [-0.05, 0) is 32.9 Å². The fraction of sp³-hybridized carbons (Fsp3) is 0.556. The molecule has 0 unspecified atom stereocenters. The number of carbonyl (C=O) groups excluding carboxylic acids is 2. The number of hydrogen-bond acceptors (Lipinski definition) is 3. The molecule has 0 radical (unpaired) electrons. The van der Waals surface area contributed by atoms with Crippen LogP contribution in [-0.4, -0.2) is 40.5 Å². The maximum atomic E-state index is 12.8. The van der Waals surface area contributed by atoms with E-state index in [0.29, 0.717) is 17.8 Å². The quantitative estimate of drug-likeness (QED) is 0.876. The van der Waals surface area contributed by atoms with Crippen molar-refractivity contribution in [2.24, 2.45) is 5.41 Å². The summed E-state index contributed by atoms with van der Waals surface area (Å²) in [5.41, 5.74) is -0.606. The van der Waals surface area contributed by atoms with Crippen LogP contribution in [0.4, 0.5) is 5.69 Å². The second-order valence-electron chi connectivity index (χ2n) is 7.38. The number of aliphatic hydroxyl groups is 1. The van der Waals surface area contributed by atoms with Crippen LogP contribution in [0.3, 0.4) is 0 Å². The monoisotopic (exact) mass is 320 g/mol. The molecule has 1 aromatic carbocycles. The Morgan fingerprint density at radius 2 is 1.70 bits per heavy atom.